The van der Waals surface area contributed by atoms with Gasteiger partial charge in [-0.05, 0) is 55.9 Å². The zero-order chi connectivity index (χ0) is 17.1. The number of aryl methyl sites for hydroxylation is 1. The van der Waals surface area contributed by atoms with Gasteiger partial charge in [-0.25, -0.2) is 9.18 Å². The number of carbonyl (C=O) groups excluding carboxylic acids is 1. The fourth-order valence-corrected chi connectivity index (χ4v) is 3.66. The summed E-state index contributed by atoms with van der Waals surface area (Å²) in [6, 6.07) is 4.37. The molecular formula is C18H25FN2O3. The van der Waals surface area contributed by atoms with Gasteiger partial charge in [0.1, 0.15) is 5.82 Å². The molecule has 1 fully saturated rings. The molecule has 1 saturated heterocycles. The molecule has 2 amide bonds. The van der Waals surface area contributed by atoms with Crippen LogP contribution in [0, 0.1) is 5.82 Å². The number of rotatable bonds is 3. The molecule has 24 heavy (non-hydrogen) atoms. The van der Waals surface area contributed by atoms with Gasteiger partial charge in [0, 0.05) is 6.54 Å². The molecule has 0 aromatic heterocycles. The molecule has 132 valence electrons. The van der Waals surface area contributed by atoms with E-state index < -0.39 is 6.10 Å². The lowest BCUT2D eigenvalue weighted by Gasteiger charge is -2.38. The average Bonchev–Trinajstić information content (AvgIpc) is 2.55. The SMILES string of the molecule is C[C@H](O)C[C@H]1COCCN1C(=O)N[C@H]1CCCc2ccc(F)cc21. The summed E-state index contributed by atoms with van der Waals surface area (Å²) in [5.74, 6) is -0.270. The van der Waals surface area contributed by atoms with Crippen LogP contribution in [0.5, 0.6) is 0 Å². The third kappa shape index (κ3) is 3.87. The molecule has 0 spiro atoms. The Labute approximate surface area is 141 Å². The number of aliphatic hydroxyl groups is 1. The second-order valence-corrected chi connectivity index (χ2v) is 6.74. The molecule has 1 aliphatic heterocycles. The van der Waals surface area contributed by atoms with Crippen molar-refractivity contribution in [1.82, 2.24) is 10.2 Å². The van der Waals surface area contributed by atoms with E-state index in [1.54, 1.807) is 11.8 Å². The Balaban J connectivity index is 1.71. The zero-order valence-corrected chi connectivity index (χ0v) is 14.0. The van der Waals surface area contributed by atoms with E-state index in [0.717, 1.165) is 30.4 Å². The largest absolute Gasteiger partial charge is 0.393 e. The maximum atomic E-state index is 13.6. The third-order valence-electron chi connectivity index (χ3n) is 4.82. The van der Waals surface area contributed by atoms with E-state index in [-0.39, 0.29) is 23.9 Å². The Morgan fingerprint density at radius 1 is 1.54 bits per heavy atom. The summed E-state index contributed by atoms with van der Waals surface area (Å²) in [5.41, 5.74) is 1.99. The Morgan fingerprint density at radius 3 is 3.17 bits per heavy atom. The number of benzene rings is 1. The van der Waals surface area contributed by atoms with Gasteiger partial charge in [-0.1, -0.05) is 6.07 Å². The van der Waals surface area contributed by atoms with Crippen molar-refractivity contribution in [2.24, 2.45) is 0 Å². The molecule has 0 bridgehead atoms. The number of ether oxygens (including phenoxy) is 1. The summed E-state index contributed by atoms with van der Waals surface area (Å²) >= 11 is 0. The number of morpholine rings is 1. The van der Waals surface area contributed by atoms with Crippen LogP contribution in [0.4, 0.5) is 9.18 Å². The maximum absolute atomic E-state index is 13.6. The first-order chi connectivity index (χ1) is 11.5. The molecule has 1 aromatic rings. The van der Waals surface area contributed by atoms with Crippen LogP contribution >= 0.6 is 0 Å². The Kier molecular flexibility index (Phi) is 5.36. The topological polar surface area (TPSA) is 61.8 Å². The number of nitrogens with zero attached hydrogens (tertiary/aromatic N) is 1. The molecule has 0 unspecified atom stereocenters. The summed E-state index contributed by atoms with van der Waals surface area (Å²) in [6.07, 6.45) is 2.71. The smallest absolute Gasteiger partial charge is 0.318 e. The number of aliphatic hydroxyl groups excluding tert-OH is 1. The standard InChI is InChI=1S/C18H25FN2O3/c1-12(22)9-15-11-24-8-7-21(15)18(23)20-17-4-2-3-13-5-6-14(19)10-16(13)17/h5-6,10,12,15,17,22H,2-4,7-9,11H2,1H3,(H,20,23)/t12-,15-,17-/m0/s1. The van der Waals surface area contributed by atoms with E-state index in [9.17, 15) is 14.3 Å². The molecule has 5 nitrogen and oxygen atoms in total. The van der Waals surface area contributed by atoms with Gasteiger partial charge in [0.2, 0.25) is 0 Å². The van der Waals surface area contributed by atoms with Gasteiger partial charge >= 0.3 is 6.03 Å². The summed E-state index contributed by atoms with van der Waals surface area (Å²) in [4.78, 5) is 14.5. The number of hydrogen-bond donors (Lipinski definition) is 2. The minimum Gasteiger partial charge on any atom is -0.393 e. The van der Waals surface area contributed by atoms with Crippen molar-refractivity contribution in [3.63, 3.8) is 0 Å². The van der Waals surface area contributed by atoms with E-state index in [2.05, 4.69) is 5.32 Å². The van der Waals surface area contributed by atoms with Gasteiger partial charge in [0.25, 0.3) is 0 Å². The zero-order valence-electron chi connectivity index (χ0n) is 14.0. The monoisotopic (exact) mass is 336 g/mol. The van der Waals surface area contributed by atoms with Crippen molar-refractivity contribution in [1.29, 1.82) is 0 Å². The number of nitrogens with one attached hydrogen (secondary N) is 1. The maximum Gasteiger partial charge on any atom is 0.318 e. The van der Waals surface area contributed by atoms with E-state index in [1.807, 2.05) is 6.07 Å². The summed E-state index contributed by atoms with van der Waals surface area (Å²) in [7, 11) is 0. The molecule has 3 atom stereocenters. The van der Waals surface area contributed by atoms with Crippen LogP contribution in [-0.4, -0.2) is 47.9 Å². The molecule has 1 aromatic carbocycles. The van der Waals surface area contributed by atoms with Crippen LogP contribution < -0.4 is 5.32 Å². The molecule has 0 saturated carbocycles. The first-order valence-electron chi connectivity index (χ1n) is 8.66. The lowest BCUT2D eigenvalue weighted by atomic mass is 9.87. The highest BCUT2D eigenvalue weighted by Gasteiger charge is 2.31. The van der Waals surface area contributed by atoms with Crippen molar-refractivity contribution in [3.8, 4) is 0 Å². The van der Waals surface area contributed by atoms with Crippen molar-refractivity contribution < 1.29 is 19.0 Å². The van der Waals surface area contributed by atoms with Crippen LogP contribution in [0.25, 0.3) is 0 Å². The Morgan fingerprint density at radius 2 is 2.38 bits per heavy atom. The number of carbonyl (C=O) groups is 1. The Bertz CT molecular complexity index is 594. The molecular weight excluding hydrogens is 311 g/mol. The van der Waals surface area contributed by atoms with E-state index in [4.69, 9.17) is 4.74 Å². The first-order valence-corrected chi connectivity index (χ1v) is 8.66. The van der Waals surface area contributed by atoms with Crippen LogP contribution in [0.2, 0.25) is 0 Å². The molecule has 6 heteroatoms. The predicted octanol–water partition coefficient (Wildman–Crippen LogP) is 2.38. The second kappa shape index (κ2) is 7.49. The number of halogens is 1. The van der Waals surface area contributed by atoms with Gasteiger partial charge in [0.05, 0.1) is 31.4 Å². The fraction of sp³-hybridized carbons (Fsp3) is 0.611. The van der Waals surface area contributed by atoms with Gasteiger partial charge in [0.15, 0.2) is 0 Å². The summed E-state index contributed by atoms with van der Waals surface area (Å²) in [5, 5.41) is 12.7. The summed E-state index contributed by atoms with van der Waals surface area (Å²) < 4.78 is 19.0. The van der Waals surface area contributed by atoms with Crippen LogP contribution in [0.15, 0.2) is 18.2 Å². The normalized spacial score (nSPS) is 25.0. The van der Waals surface area contributed by atoms with E-state index >= 15 is 0 Å². The van der Waals surface area contributed by atoms with E-state index in [0.29, 0.717) is 26.2 Å². The lowest BCUT2D eigenvalue weighted by molar-refractivity contribution is -0.00493. The highest BCUT2D eigenvalue weighted by Crippen LogP contribution is 2.30. The van der Waals surface area contributed by atoms with Crippen molar-refractivity contribution in [2.45, 2.75) is 50.8 Å². The first kappa shape index (κ1) is 17.2. The van der Waals surface area contributed by atoms with Gasteiger partial charge in [-0.15, -0.1) is 0 Å². The van der Waals surface area contributed by atoms with Gasteiger partial charge in [-0.3, -0.25) is 0 Å². The predicted molar refractivity (Wildman–Crippen MR) is 88.2 cm³/mol. The number of hydrogen-bond acceptors (Lipinski definition) is 3. The second-order valence-electron chi connectivity index (χ2n) is 6.74. The van der Waals surface area contributed by atoms with Crippen molar-refractivity contribution in [3.05, 3.63) is 35.1 Å². The Hall–Kier alpha value is -1.66. The molecule has 2 N–H and O–H groups in total. The number of fused-ring (bicyclic) bond motifs is 1. The van der Waals surface area contributed by atoms with Crippen LogP contribution in [-0.2, 0) is 11.2 Å². The molecule has 0 radical (unpaired) electrons. The molecule has 2 aliphatic rings. The highest BCUT2D eigenvalue weighted by molar-refractivity contribution is 5.75. The van der Waals surface area contributed by atoms with Gasteiger partial charge in [-0.2, -0.15) is 0 Å². The average molecular weight is 336 g/mol. The van der Waals surface area contributed by atoms with Crippen molar-refractivity contribution in [2.75, 3.05) is 19.8 Å². The van der Waals surface area contributed by atoms with Gasteiger partial charge < -0.3 is 20.1 Å². The molecule has 3 rings (SSSR count). The van der Waals surface area contributed by atoms with Crippen LogP contribution in [0.1, 0.15) is 43.4 Å². The minimum absolute atomic E-state index is 0.130. The number of amides is 2. The third-order valence-corrected chi connectivity index (χ3v) is 4.82. The van der Waals surface area contributed by atoms with Crippen molar-refractivity contribution >= 4 is 6.03 Å². The van der Waals surface area contributed by atoms with E-state index in [1.165, 1.54) is 12.1 Å². The summed E-state index contributed by atoms with van der Waals surface area (Å²) in [6.45, 7) is 3.16. The lowest BCUT2D eigenvalue weighted by Crippen LogP contribution is -2.54. The molecule has 1 aliphatic carbocycles. The quantitative estimate of drug-likeness (QED) is 0.891. The molecule has 1 heterocycles. The minimum atomic E-state index is -0.489. The van der Waals surface area contributed by atoms with Crippen LogP contribution in [0.3, 0.4) is 0 Å². The fourth-order valence-electron chi connectivity index (χ4n) is 3.66. The highest BCUT2D eigenvalue weighted by atomic mass is 19.1. The number of urea groups is 1.